The summed E-state index contributed by atoms with van der Waals surface area (Å²) in [7, 11) is -3.46. The Morgan fingerprint density at radius 2 is 1.79 bits per heavy atom. The van der Waals surface area contributed by atoms with Gasteiger partial charge in [0.25, 0.3) is 0 Å². The normalized spacial score (nSPS) is 16.7. The Hall–Kier alpha value is -2.25. The molecule has 0 bridgehead atoms. The van der Waals surface area contributed by atoms with Crippen LogP contribution in [-0.2, 0) is 16.4 Å². The van der Waals surface area contributed by atoms with Crippen molar-refractivity contribution in [2.45, 2.75) is 56.9 Å². The number of piperidine rings is 1. The van der Waals surface area contributed by atoms with Gasteiger partial charge in [0, 0.05) is 31.7 Å². The summed E-state index contributed by atoms with van der Waals surface area (Å²) in [4.78, 5) is 9.62. The van der Waals surface area contributed by atoms with E-state index in [1.165, 1.54) is 0 Å². The van der Waals surface area contributed by atoms with Crippen molar-refractivity contribution in [3.63, 3.8) is 0 Å². The zero-order valence-corrected chi connectivity index (χ0v) is 18.1. The van der Waals surface area contributed by atoms with E-state index in [9.17, 15) is 8.42 Å². The van der Waals surface area contributed by atoms with Crippen LogP contribution in [0.2, 0.25) is 0 Å². The van der Waals surface area contributed by atoms with Gasteiger partial charge in [0.15, 0.2) is 5.65 Å². The Morgan fingerprint density at radius 1 is 1.10 bits per heavy atom. The van der Waals surface area contributed by atoms with Crippen LogP contribution in [0.3, 0.4) is 0 Å². The van der Waals surface area contributed by atoms with E-state index >= 15 is 0 Å². The highest BCUT2D eigenvalue weighted by Gasteiger charge is 2.31. The van der Waals surface area contributed by atoms with Crippen LogP contribution in [0.4, 0.5) is 0 Å². The van der Waals surface area contributed by atoms with Crippen LogP contribution in [0.15, 0.2) is 47.5 Å². The summed E-state index contributed by atoms with van der Waals surface area (Å²) in [6, 6.07) is 11.4. The molecule has 0 unspecified atom stereocenters. The quantitative estimate of drug-likeness (QED) is 0.631. The Morgan fingerprint density at radius 3 is 2.41 bits per heavy atom. The van der Waals surface area contributed by atoms with Gasteiger partial charge in [0.1, 0.15) is 11.3 Å². The number of rotatable bonds is 5. The lowest BCUT2D eigenvalue weighted by Gasteiger charge is -2.32. The Bertz CT molecular complexity index is 1100. The molecular weight excluding hydrogens is 384 g/mol. The van der Waals surface area contributed by atoms with Gasteiger partial charge < -0.3 is 4.57 Å². The van der Waals surface area contributed by atoms with Crippen molar-refractivity contribution in [3.05, 3.63) is 54.0 Å². The Balaban J connectivity index is 1.54. The lowest BCUT2D eigenvalue weighted by Crippen LogP contribution is -2.39. The number of sulfonamides is 1. The third-order valence-corrected chi connectivity index (χ3v) is 7.72. The van der Waals surface area contributed by atoms with Crippen molar-refractivity contribution in [2.24, 2.45) is 0 Å². The maximum atomic E-state index is 13.1. The standard InChI is InChI=1S/C22H28N4O2S/c1-4-21-24-20-6-5-13-23-22(20)26(21)18-11-14-25(15-12-18)29(27,28)19-9-7-17(8-10-19)16(2)3/h5-10,13,16,18H,4,11-12,14-15H2,1-3H3. The van der Waals surface area contributed by atoms with E-state index in [1.54, 1.807) is 22.6 Å². The third kappa shape index (κ3) is 3.69. The van der Waals surface area contributed by atoms with Crippen LogP contribution in [0, 0.1) is 0 Å². The lowest BCUT2D eigenvalue weighted by molar-refractivity contribution is 0.273. The Kier molecular flexibility index (Phi) is 5.44. The second-order valence-corrected chi connectivity index (χ2v) is 9.89. The minimum atomic E-state index is -3.46. The highest BCUT2D eigenvalue weighted by molar-refractivity contribution is 7.89. The van der Waals surface area contributed by atoms with Crippen molar-refractivity contribution in [2.75, 3.05) is 13.1 Å². The molecule has 1 aliphatic rings. The SMILES string of the molecule is CCc1nc2cccnc2n1C1CCN(S(=O)(=O)c2ccc(C(C)C)cc2)CC1. The first-order chi connectivity index (χ1) is 13.9. The van der Waals surface area contributed by atoms with E-state index in [1.807, 2.05) is 24.3 Å². The number of benzene rings is 1. The molecule has 0 spiro atoms. The molecule has 1 aliphatic heterocycles. The van der Waals surface area contributed by atoms with Gasteiger partial charge in [-0.2, -0.15) is 4.31 Å². The van der Waals surface area contributed by atoms with Crippen molar-refractivity contribution in [3.8, 4) is 0 Å². The lowest BCUT2D eigenvalue weighted by atomic mass is 10.0. The Labute approximate surface area is 172 Å². The molecule has 0 saturated carbocycles. The predicted molar refractivity (Wildman–Crippen MR) is 114 cm³/mol. The van der Waals surface area contributed by atoms with Gasteiger partial charge in [-0.3, -0.25) is 0 Å². The largest absolute Gasteiger partial charge is 0.309 e. The smallest absolute Gasteiger partial charge is 0.243 e. The number of fused-ring (bicyclic) bond motifs is 1. The zero-order chi connectivity index (χ0) is 20.6. The number of pyridine rings is 1. The molecule has 6 nitrogen and oxygen atoms in total. The molecule has 1 saturated heterocycles. The molecule has 0 aliphatic carbocycles. The number of hydrogen-bond donors (Lipinski definition) is 0. The second-order valence-electron chi connectivity index (χ2n) is 7.96. The molecule has 2 aromatic heterocycles. The van der Waals surface area contributed by atoms with Crippen LogP contribution in [0.5, 0.6) is 0 Å². The first kappa shape index (κ1) is 20.0. The molecule has 0 radical (unpaired) electrons. The van der Waals surface area contributed by atoms with Crippen molar-refractivity contribution in [1.82, 2.24) is 18.8 Å². The maximum absolute atomic E-state index is 13.1. The fraction of sp³-hybridized carbons (Fsp3) is 0.455. The monoisotopic (exact) mass is 412 g/mol. The summed E-state index contributed by atoms with van der Waals surface area (Å²) < 4.78 is 30.0. The van der Waals surface area contributed by atoms with E-state index in [4.69, 9.17) is 4.98 Å². The van der Waals surface area contributed by atoms with Crippen LogP contribution < -0.4 is 0 Å². The van der Waals surface area contributed by atoms with Gasteiger partial charge in [0.05, 0.1) is 4.90 Å². The minimum absolute atomic E-state index is 0.222. The number of nitrogens with zero attached hydrogens (tertiary/aromatic N) is 4. The average Bonchev–Trinajstić information content (AvgIpc) is 3.12. The van der Waals surface area contributed by atoms with Crippen LogP contribution >= 0.6 is 0 Å². The summed E-state index contributed by atoms with van der Waals surface area (Å²) in [5.74, 6) is 1.40. The topological polar surface area (TPSA) is 68.1 Å². The molecule has 4 rings (SSSR count). The van der Waals surface area contributed by atoms with Crippen molar-refractivity contribution < 1.29 is 8.42 Å². The van der Waals surface area contributed by atoms with E-state index < -0.39 is 10.0 Å². The van der Waals surface area contributed by atoms with Crippen molar-refractivity contribution in [1.29, 1.82) is 0 Å². The molecule has 3 heterocycles. The molecule has 1 aromatic carbocycles. The van der Waals surface area contributed by atoms with Crippen LogP contribution in [0.1, 0.15) is 57.0 Å². The van der Waals surface area contributed by atoms with Crippen molar-refractivity contribution >= 4 is 21.2 Å². The number of imidazole rings is 1. The highest BCUT2D eigenvalue weighted by atomic mass is 32.2. The van der Waals surface area contributed by atoms with Gasteiger partial charge in [-0.05, 0) is 48.6 Å². The molecule has 7 heteroatoms. The summed E-state index contributed by atoms with van der Waals surface area (Å²) in [6.07, 6.45) is 4.15. The zero-order valence-electron chi connectivity index (χ0n) is 17.2. The van der Waals surface area contributed by atoms with Gasteiger partial charge in [-0.15, -0.1) is 0 Å². The fourth-order valence-electron chi connectivity index (χ4n) is 4.12. The highest BCUT2D eigenvalue weighted by Crippen LogP contribution is 2.31. The third-order valence-electron chi connectivity index (χ3n) is 5.81. The first-order valence-corrected chi connectivity index (χ1v) is 11.8. The number of aryl methyl sites for hydroxylation is 1. The van der Waals surface area contributed by atoms with E-state index in [0.717, 1.165) is 41.8 Å². The van der Waals surface area contributed by atoms with Gasteiger partial charge >= 0.3 is 0 Å². The minimum Gasteiger partial charge on any atom is -0.309 e. The molecule has 3 aromatic rings. The summed E-state index contributed by atoms with van der Waals surface area (Å²) in [5, 5.41) is 0. The van der Waals surface area contributed by atoms with Crippen LogP contribution in [0.25, 0.3) is 11.2 Å². The van der Waals surface area contributed by atoms with Crippen LogP contribution in [-0.4, -0.2) is 40.3 Å². The summed E-state index contributed by atoms with van der Waals surface area (Å²) in [6.45, 7) is 7.32. The predicted octanol–water partition coefficient (Wildman–Crippen LogP) is 4.14. The van der Waals surface area contributed by atoms with Gasteiger partial charge in [-0.1, -0.05) is 32.9 Å². The van der Waals surface area contributed by atoms with Gasteiger partial charge in [-0.25, -0.2) is 18.4 Å². The molecule has 0 amide bonds. The summed E-state index contributed by atoms with van der Waals surface area (Å²) in [5.41, 5.74) is 2.95. The van der Waals surface area contributed by atoms with E-state index in [0.29, 0.717) is 23.9 Å². The fourth-order valence-corrected chi connectivity index (χ4v) is 5.59. The molecule has 154 valence electrons. The average molecular weight is 413 g/mol. The second kappa shape index (κ2) is 7.88. The number of hydrogen-bond acceptors (Lipinski definition) is 4. The molecule has 1 fully saturated rings. The van der Waals surface area contributed by atoms with Gasteiger partial charge in [0.2, 0.25) is 10.0 Å². The summed E-state index contributed by atoms with van der Waals surface area (Å²) >= 11 is 0. The molecule has 0 atom stereocenters. The van der Waals surface area contributed by atoms with E-state index in [2.05, 4.69) is 30.3 Å². The number of aromatic nitrogens is 3. The molecule has 0 N–H and O–H groups in total. The molecule has 29 heavy (non-hydrogen) atoms. The maximum Gasteiger partial charge on any atom is 0.243 e. The molecular formula is C22H28N4O2S. The first-order valence-electron chi connectivity index (χ1n) is 10.3. The van der Waals surface area contributed by atoms with E-state index in [-0.39, 0.29) is 6.04 Å².